The number of ether oxygens (including phenoxy) is 1. The van der Waals surface area contributed by atoms with Crippen LogP contribution in [0.15, 0.2) is 76.7 Å². The van der Waals surface area contributed by atoms with Crippen molar-refractivity contribution in [3.8, 4) is 5.75 Å². The molecule has 0 unspecified atom stereocenters. The Morgan fingerprint density at radius 1 is 0.765 bits per heavy atom. The van der Waals surface area contributed by atoms with Crippen molar-refractivity contribution in [1.82, 2.24) is 0 Å². The van der Waals surface area contributed by atoms with E-state index in [9.17, 15) is 0 Å². The molecule has 0 aliphatic carbocycles. The SMILES string of the molecule is C(Oc1ccccc1)=C1N=c2ccccc2=N1. The van der Waals surface area contributed by atoms with Crippen LogP contribution in [0.2, 0.25) is 0 Å². The highest BCUT2D eigenvalue weighted by molar-refractivity contribution is 5.22. The van der Waals surface area contributed by atoms with E-state index in [4.69, 9.17) is 4.74 Å². The van der Waals surface area contributed by atoms with E-state index in [1.807, 2.05) is 54.6 Å². The normalized spacial score (nSPS) is 12.4. The summed E-state index contributed by atoms with van der Waals surface area (Å²) in [7, 11) is 0. The Kier molecular flexibility index (Phi) is 2.43. The Hall–Kier alpha value is -2.42. The molecule has 0 spiro atoms. The van der Waals surface area contributed by atoms with E-state index in [0.717, 1.165) is 16.5 Å². The highest BCUT2D eigenvalue weighted by Gasteiger charge is 2.01. The molecule has 1 aliphatic heterocycles. The lowest BCUT2D eigenvalue weighted by Gasteiger charge is -1.97. The Balaban J connectivity index is 1.87. The van der Waals surface area contributed by atoms with Crippen LogP contribution in [0.1, 0.15) is 0 Å². The summed E-state index contributed by atoms with van der Waals surface area (Å²) >= 11 is 0. The highest BCUT2D eigenvalue weighted by Crippen LogP contribution is 2.10. The monoisotopic (exact) mass is 222 g/mol. The van der Waals surface area contributed by atoms with Gasteiger partial charge in [-0.2, -0.15) is 0 Å². The second-order valence-electron chi connectivity index (χ2n) is 3.62. The van der Waals surface area contributed by atoms with Gasteiger partial charge in [0.1, 0.15) is 12.0 Å². The molecule has 0 amide bonds. The van der Waals surface area contributed by atoms with Gasteiger partial charge in [-0.3, -0.25) is 0 Å². The van der Waals surface area contributed by atoms with Crippen molar-refractivity contribution >= 4 is 0 Å². The van der Waals surface area contributed by atoms with E-state index in [0.29, 0.717) is 5.82 Å². The molecule has 0 fully saturated rings. The molecule has 17 heavy (non-hydrogen) atoms. The van der Waals surface area contributed by atoms with Gasteiger partial charge in [-0.1, -0.05) is 30.3 Å². The van der Waals surface area contributed by atoms with Crippen LogP contribution in [0, 0.1) is 0 Å². The summed E-state index contributed by atoms with van der Waals surface area (Å²) in [6, 6.07) is 17.3. The van der Waals surface area contributed by atoms with Gasteiger partial charge in [0.25, 0.3) is 0 Å². The van der Waals surface area contributed by atoms with Gasteiger partial charge in [0, 0.05) is 0 Å². The van der Waals surface area contributed by atoms with Crippen LogP contribution in [0.4, 0.5) is 0 Å². The molecule has 82 valence electrons. The second-order valence-corrected chi connectivity index (χ2v) is 3.62. The minimum absolute atomic E-state index is 0.593. The molecule has 1 aliphatic rings. The molecule has 0 saturated heterocycles. The molecule has 0 saturated carbocycles. The van der Waals surface area contributed by atoms with Gasteiger partial charge in [-0.05, 0) is 24.3 Å². The van der Waals surface area contributed by atoms with Crippen molar-refractivity contribution in [2.45, 2.75) is 0 Å². The van der Waals surface area contributed by atoms with E-state index in [-0.39, 0.29) is 0 Å². The third-order valence-electron chi connectivity index (χ3n) is 2.40. The van der Waals surface area contributed by atoms with Crippen molar-refractivity contribution in [1.29, 1.82) is 0 Å². The average molecular weight is 222 g/mol. The van der Waals surface area contributed by atoms with E-state index >= 15 is 0 Å². The first kappa shape index (κ1) is 9.78. The number of hydrogen-bond donors (Lipinski definition) is 0. The molecule has 1 heterocycles. The molecular weight excluding hydrogens is 212 g/mol. The maximum Gasteiger partial charge on any atom is 0.189 e. The summed E-state index contributed by atoms with van der Waals surface area (Å²) < 4.78 is 5.47. The zero-order valence-corrected chi connectivity index (χ0v) is 9.08. The fourth-order valence-electron chi connectivity index (χ4n) is 1.60. The van der Waals surface area contributed by atoms with Gasteiger partial charge in [0.2, 0.25) is 0 Å². The molecule has 0 atom stereocenters. The Morgan fingerprint density at radius 2 is 1.35 bits per heavy atom. The summed E-state index contributed by atoms with van der Waals surface area (Å²) in [6.07, 6.45) is 1.56. The predicted molar refractivity (Wildman–Crippen MR) is 63.9 cm³/mol. The first-order valence-corrected chi connectivity index (χ1v) is 5.36. The quantitative estimate of drug-likeness (QED) is 0.713. The van der Waals surface area contributed by atoms with Crippen LogP contribution in [-0.4, -0.2) is 0 Å². The van der Waals surface area contributed by atoms with Gasteiger partial charge in [0.15, 0.2) is 5.82 Å². The summed E-state index contributed by atoms with van der Waals surface area (Å²) in [5.74, 6) is 1.37. The highest BCUT2D eigenvalue weighted by atomic mass is 16.5. The van der Waals surface area contributed by atoms with Crippen LogP contribution in [0.25, 0.3) is 0 Å². The van der Waals surface area contributed by atoms with E-state index in [2.05, 4.69) is 9.98 Å². The lowest BCUT2D eigenvalue weighted by molar-refractivity contribution is 0.474. The maximum absolute atomic E-state index is 5.47. The van der Waals surface area contributed by atoms with Crippen LogP contribution in [0.3, 0.4) is 0 Å². The zero-order chi connectivity index (χ0) is 11.5. The Bertz CT molecular complexity index is 638. The lowest BCUT2D eigenvalue weighted by Crippen LogP contribution is -2.19. The van der Waals surface area contributed by atoms with Gasteiger partial charge in [-0.15, -0.1) is 0 Å². The Morgan fingerprint density at radius 3 is 2.00 bits per heavy atom. The van der Waals surface area contributed by atoms with Gasteiger partial charge < -0.3 is 4.74 Å². The van der Waals surface area contributed by atoms with Crippen molar-refractivity contribution in [2.24, 2.45) is 9.98 Å². The van der Waals surface area contributed by atoms with Crippen molar-refractivity contribution in [3.63, 3.8) is 0 Å². The van der Waals surface area contributed by atoms with Gasteiger partial charge in [0.05, 0.1) is 10.7 Å². The van der Waals surface area contributed by atoms with Crippen molar-refractivity contribution < 1.29 is 4.74 Å². The molecule has 2 aromatic carbocycles. The van der Waals surface area contributed by atoms with E-state index < -0.39 is 0 Å². The van der Waals surface area contributed by atoms with Crippen LogP contribution < -0.4 is 15.5 Å². The summed E-state index contributed by atoms with van der Waals surface area (Å²) in [6.45, 7) is 0. The first-order valence-electron chi connectivity index (χ1n) is 5.36. The fraction of sp³-hybridized carbons (Fsp3) is 0. The number of rotatable bonds is 2. The molecule has 0 N–H and O–H groups in total. The largest absolute Gasteiger partial charge is 0.461 e. The van der Waals surface area contributed by atoms with Crippen LogP contribution in [0.5, 0.6) is 5.75 Å². The third kappa shape index (κ3) is 2.08. The number of para-hydroxylation sites is 3. The smallest absolute Gasteiger partial charge is 0.189 e. The molecule has 3 rings (SSSR count). The van der Waals surface area contributed by atoms with Gasteiger partial charge >= 0.3 is 0 Å². The molecule has 0 bridgehead atoms. The first-order chi connectivity index (χ1) is 8.42. The minimum Gasteiger partial charge on any atom is -0.461 e. The number of fused-ring (bicyclic) bond motifs is 1. The van der Waals surface area contributed by atoms with Crippen molar-refractivity contribution in [2.75, 3.05) is 0 Å². The summed E-state index contributed by atoms with van der Waals surface area (Å²) in [5.41, 5.74) is 0. The third-order valence-corrected chi connectivity index (χ3v) is 2.40. The molecule has 2 aromatic rings. The molecule has 3 heteroatoms. The molecule has 0 radical (unpaired) electrons. The minimum atomic E-state index is 0.593. The average Bonchev–Trinajstić information content (AvgIpc) is 2.80. The standard InChI is InChI=1S/C14H10N2O/c1-2-6-11(7-3-1)17-10-14-15-12-8-4-5-9-13(12)16-14/h1-10H. The van der Waals surface area contributed by atoms with Gasteiger partial charge in [-0.25, -0.2) is 9.98 Å². The zero-order valence-electron chi connectivity index (χ0n) is 9.08. The lowest BCUT2D eigenvalue weighted by atomic mass is 10.3. The summed E-state index contributed by atoms with van der Waals surface area (Å²) in [4.78, 5) is 8.67. The number of hydrogen-bond acceptors (Lipinski definition) is 3. The predicted octanol–water partition coefficient (Wildman–Crippen LogP) is 1.82. The van der Waals surface area contributed by atoms with Crippen LogP contribution >= 0.6 is 0 Å². The second kappa shape index (κ2) is 4.22. The molecular formula is C14H10N2O. The van der Waals surface area contributed by atoms with Crippen LogP contribution in [-0.2, 0) is 0 Å². The summed E-state index contributed by atoms with van der Waals surface area (Å²) in [5, 5.41) is 1.77. The topological polar surface area (TPSA) is 34.0 Å². The number of benzene rings is 2. The molecule has 3 nitrogen and oxygen atoms in total. The number of nitrogens with zero attached hydrogens (tertiary/aromatic N) is 2. The fourth-order valence-corrected chi connectivity index (χ4v) is 1.60. The van der Waals surface area contributed by atoms with Crippen molar-refractivity contribution in [3.05, 3.63) is 77.4 Å². The maximum atomic E-state index is 5.47. The van der Waals surface area contributed by atoms with E-state index in [1.54, 1.807) is 6.26 Å². The molecule has 0 aromatic heterocycles. The van der Waals surface area contributed by atoms with E-state index in [1.165, 1.54) is 0 Å². The Labute approximate surface area is 98.4 Å².